The highest BCUT2D eigenvalue weighted by atomic mass is 32.2. The van der Waals surface area contributed by atoms with Gasteiger partial charge in [0.15, 0.2) is 11.6 Å². The number of sulfonamides is 1. The first kappa shape index (κ1) is 43.4. The second kappa shape index (κ2) is 17.9. The molecule has 15 heteroatoms. The lowest BCUT2D eigenvalue weighted by Gasteiger charge is -2.32. The fraction of sp³-hybridized carbons (Fsp3) is 0.622. The van der Waals surface area contributed by atoms with Crippen LogP contribution in [0.4, 0.5) is 8.78 Å². The van der Waals surface area contributed by atoms with E-state index in [-0.39, 0.29) is 31.3 Å². The van der Waals surface area contributed by atoms with Crippen LogP contribution in [0.3, 0.4) is 0 Å². The minimum Gasteiger partial charge on any atom is -0.457 e. The molecule has 1 fully saturated rings. The van der Waals surface area contributed by atoms with Crippen LogP contribution in [-0.4, -0.2) is 96.7 Å². The van der Waals surface area contributed by atoms with Crippen LogP contribution in [0.5, 0.6) is 0 Å². The second-order valence-electron chi connectivity index (χ2n) is 14.2. The normalized spacial score (nSPS) is 31.3. The van der Waals surface area contributed by atoms with E-state index in [0.717, 1.165) is 6.07 Å². The number of carbonyl (C=O) groups excluding carboxylic acids is 2. The molecule has 2 aliphatic heterocycles. The van der Waals surface area contributed by atoms with Gasteiger partial charge in [-0.25, -0.2) is 21.9 Å². The minimum atomic E-state index is -4.50. The number of hydrogen-bond acceptors (Lipinski definition) is 11. The summed E-state index contributed by atoms with van der Waals surface area (Å²) in [6.07, 6.45) is 3.28. The van der Waals surface area contributed by atoms with Crippen molar-refractivity contribution in [2.45, 2.75) is 133 Å². The van der Waals surface area contributed by atoms with Gasteiger partial charge in [0.1, 0.15) is 23.9 Å². The van der Waals surface area contributed by atoms with Gasteiger partial charge in [0, 0.05) is 25.9 Å². The van der Waals surface area contributed by atoms with Gasteiger partial charge in [0.25, 0.3) is 0 Å². The average molecular weight is 758 g/mol. The summed E-state index contributed by atoms with van der Waals surface area (Å²) in [5.74, 6) is -4.59. The molecular weight excluding hydrogens is 704 g/mol. The third kappa shape index (κ3) is 11.5. The molecule has 0 aromatic heterocycles. The number of esters is 2. The first-order valence-corrected chi connectivity index (χ1v) is 18.8. The summed E-state index contributed by atoms with van der Waals surface area (Å²) in [7, 11) is -2.94. The van der Waals surface area contributed by atoms with Crippen LogP contribution in [0.1, 0.15) is 74.1 Å². The van der Waals surface area contributed by atoms with Crippen molar-refractivity contribution in [2.75, 3.05) is 7.11 Å². The van der Waals surface area contributed by atoms with Crippen LogP contribution >= 0.6 is 0 Å². The summed E-state index contributed by atoms with van der Waals surface area (Å²) in [5, 5.41) is 33.3. The van der Waals surface area contributed by atoms with E-state index < -0.39 is 92.2 Å². The van der Waals surface area contributed by atoms with E-state index in [2.05, 4.69) is 4.72 Å². The van der Waals surface area contributed by atoms with E-state index in [1.54, 1.807) is 33.1 Å². The van der Waals surface area contributed by atoms with Crippen molar-refractivity contribution in [3.63, 3.8) is 0 Å². The number of halogens is 2. The number of cyclic esters (lactones) is 1. The van der Waals surface area contributed by atoms with Crippen molar-refractivity contribution >= 4 is 22.0 Å². The summed E-state index contributed by atoms with van der Waals surface area (Å²) in [6, 6.07) is 0.851. The van der Waals surface area contributed by atoms with Gasteiger partial charge in [0.2, 0.25) is 10.0 Å². The number of ether oxygens (including phenoxy) is 4. The molecule has 2 heterocycles. The van der Waals surface area contributed by atoms with Gasteiger partial charge in [-0.2, -0.15) is 0 Å². The molecule has 3 rings (SSSR count). The lowest BCUT2D eigenvalue weighted by atomic mass is 9.87. The molecular formula is C37H53F2NO11S. The number of aliphatic hydroxyl groups excluding tert-OH is 1. The van der Waals surface area contributed by atoms with Crippen LogP contribution in [0.2, 0.25) is 0 Å². The fourth-order valence-corrected chi connectivity index (χ4v) is 7.76. The summed E-state index contributed by atoms with van der Waals surface area (Å²) in [6.45, 7) is 11.3. The van der Waals surface area contributed by atoms with Crippen molar-refractivity contribution in [2.24, 2.45) is 11.8 Å². The number of carbonyl (C=O) groups is 2. The summed E-state index contributed by atoms with van der Waals surface area (Å²) < 4.78 is 79.5. The Hall–Kier alpha value is -3.05. The highest BCUT2D eigenvalue weighted by Gasteiger charge is 2.55. The Morgan fingerprint density at radius 3 is 2.48 bits per heavy atom. The minimum absolute atomic E-state index is 0.0382. The molecule has 0 amide bonds. The van der Waals surface area contributed by atoms with Gasteiger partial charge < -0.3 is 34.3 Å². The van der Waals surface area contributed by atoms with Crippen LogP contribution in [-0.2, 0) is 38.6 Å². The third-order valence-electron chi connectivity index (χ3n) is 9.67. The molecule has 1 aromatic carbocycles. The molecule has 0 bridgehead atoms. The van der Waals surface area contributed by atoms with Crippen LogP contribution in [0.25, 0.3) is 0 Å². The Kier molecular flexibility index (Phi) is 14.9. The van der Waals surface area contributed by atoms with E-state index in [0.29, 0.717) is 24.1 Å². The van der Waals surface area contributed by atoms with Gasteiger partial charge in [-0.1, -0.05) is 45.1 Å². The van der Waals surface area contributed by atoms with Crippen molar-refractivity contribution in [1.82, 2.24) is 4.72 Å². The van der Waals surface area contributed by atoms with E-state index in [1.165, 1.54) is 39.0 Å². The fourth-order valence-electron chi connectivity index (χ4n) is 6.41. The number of methoxy groups -OCH3 is 1. The Labute approximate surface area is 304 Å². The zero-order valence-corrected chi connectivity index (χ0v) is 31.7. The maximum absolute atomic E-state index is 14.0. The van der Waals surface area contributed by atoms with Gasteiger partial charge in [-0.15, -0.1) is 0 Å². The molecule has 52 heavy (non-hydrogen) atoms. The molecule has 0 aliphatic carbocycles. The third-order valence-corrected chi connectivity index (χ3v) is 11.1. The second-order valence-corrected chi connectivity index (χ2v) is 15.9. The van der Waals surface area contributed by atoms with E-state index in [1.807, 2.05) is 13.8 Å². The maximum atomic E-state index is 14.0. The molecule has 0 spiro atoms. The summed E-state index contributed by atoms with van der Waals surface area (Å²) >= 11 is 0. The molecule has 1 aromatic rings. The van der Waals surface area contributed by atoms with Crippen molar-refractivity contribution in [3.05, 3.63) is 65.8 Å². The molecule has 12 nitrogen and oxygen atoms in total. The topological polar surface area (TPSA) is 181 Å². The average Bonchev–Trinajstić information content (AvgIpc) is 3.85. The number of hydrogen-bond donors (Lipinski definition) is 4. The number of allylic oxidation sites excluding steroid dienone is 2. The molecule has 11 atom stereocenters. The molecule has 5 unspecified atom stereocenters. The number of aliphatic hydroxyl groups is 3. The molecule has 0 radical (unpaired) electrons. The van der Waals surface area contributed by atoms with Crippen molar-refractivity contribution in [1.29, 1.82) is 0 Å². The first-order valence-electron chi connectivity index (χ1n) is 17.3. The van der Waals surface area contributed by atoms with Gasteiger partial charge >= 0.3 is 11.9 Å². The van der Waals surface area contributed by atoms with Gasteiger partial charge in [-0.3, -0.25) is 9.59 Å². The Bertz CT molecular complexity index is 1610. The lowest BCUT2D eigenvalue weighted by molar-refractivity contribution is -0.157. The smallest absolute Gasteiger partial charge is 0.309 e. The molecule has 1 saturated heterocycles. The van der Waals surface area contributed by atoms with E-state index >= 15 is 0 Å². The van der Waals surface area contributed by atoms with Gasteiger partial charge in [0.05, 0.1) is 41.3 Å². The standard InChI is InChI=1S/C37H53F2NO11S/c1-9-29(48-8)23(4)33-34(51-33)35(40-52(46,47)26-13-14-27(38)28(39)20-26)37(7,45)17-10-11-21(2)32-22(3)12-15-30(49-24(5)41)36(6,44)18-16-25(42)19-31(43)50-32/h10-15,17,20,22-23,25,29-30,32-35,40,42,44-45H,9,16,18-19H2,1-8H3/b15-12+,17-10+,21-11+/t22-,23+,25+,29-,30-,32?,33?,34-,35?,36?,37?/m0/s1. The predicted octanol–water partition coefficient (Wildman–Crippen LogP) is 4.03. The summed E-state index contributed by atoms with van der Waals surface area (Å²) in [4.78, 5) is 24.1. The monoisotopic (exact) mass is 757 g/mol. The number of benzene rings is 1. The quantitative estimate of drug-likeness (QED) is 0.0988. The van der Waals surface area contributed by atoms with Crippen LogP contribution < -0.4 is 4.72 Å². The van der Waals surface area contributed by atoms with E-state index in [4.69, 9.17) is 18.9 Å². The molecule has 2 aliphatic rings. The largest absolute Gasteiger partial charge is 0.457 e. The molecule has 292 valence electrons. The Morgan fingerprint density at radius 2 is 1.88 bits per heavy atom. The van der Waals surface area contributed by atoms with Crippen molar-refractivity contribution < 1.29 is 61.1 Å². The number of rotatable bonds is 13. The number of nitrogens with one attached hydrogen (secondary N) is 1. The zero-order valence-electron chi connectivity index (χ0n) is 30.9. The Morgan fingerprint density at radius 1 is 1.21 bits per heavy atom. The van der Waals surface area contributed by atoms with Crippen LogP contribution in [0.15, 0.2) is 59.0 Å². The maximum Gasteiger partial charge on any atom is 0.309 e. The van der Waals surface area contributed by atoms with Crippen LogP contribution in [0, 0.1) is 23.5 Å². The van der Waals surface area contributed by atoms with Gasteiger partial charge in [-0.05, 0) is 69.9 Å². The Balaban J connectivity index is 1.96. The molecule has 4 N–H and O–H groups in total. The highest BCUT2D eigenvalue weighted by molar-refractivity contribution is 7.89. The highest BCUT2D eigenvalue weighted by Crippen LogP contribution is 2.39. The van der Waals surface area contributed by atoms with E-state index in [9.17, 15) is 42.1 Å². The first-order chi connectivity index (χ1) is 24.1. The molecule has 0 saturated carbocycles. The SMILES string of the molecule is CC[C@H](OC)[C@@H](C)C1O[C@@H]1C(NS(=O)(=O)c1ccc(F)c(F)c1)C(C)(O)/C=C/C=C(\C)C1OC(=O)C[C@H](O)CCC(C)(O)[C@@H](OC(C)=O)/C=C/[C@@H]1C. The summed E-state index contributed by atoms with van der Waals surface area (Å²) in [5.41, 5.74) is -2.95. The van der Waals surface area contributed by atoms with Crippen molar-refractivity contribution in [3.8, 4) is 0 Å². The lowest BCUT2D eigenvalue weighted by Crippen LogP contribution is -2.54. The zero-order chi connectivity index (χ0) is 39.2. The number of epoxide rings is 1. The predicted molar refractivity (Wildman–Crippen MR) is 187 cm³/mol.